The van der Waals surface area contributed by atoms with Gasteiger partial charge in [0.2, 0.25) is 0 Å². The van der Waals surface area contributed by atoms with E-state index in [4.69, 9.17) is 10.5 Å². The van der Waals surface area contributed by atoms with Gasteiger partial charge in [-0.05, 0) is 49.6 Å². The minimum absolute atomic E-state index is 0.0132. The Hall–Kier alpha value is -1.71. The van der Waals surface area contributed by atoms with E-state index in [1.807, 2.05) is 19.1 Å². The molecule has 2 rings (SSSR count). The van der Waals surface area contributed by atoms with Crippen LogP contribution >= 0.6 is 11.3 Å². The van der Waals surface area contributed by atoms with Gasteiger partial charge < -0.3 is 15.6 Å². The largest absolute Gasteiger partial charge is 0.394 e. The van der Waals surface area contributed by atoms with Crippen LogP contribution in [-0.4, -0.2) is 23.9 Å². The lowest BCUT2D eigenvalue weighted by Crippen LogP contribution is -2.40. The Kier molecular flexibility index (Phi) is 7.60. The molecule has 0 saturated carbocycles. The van der Waals surface area contributed by atoms with E-state index in [1.165, 1.54) is 17.0 Å². The van der Waals surface area contributed by atoms with E-state index in [-0.39, 0.29) is 12.4 Å². The summed E-state index contributed by atoms with van der Waals surface area (Å²) in [5, 5.41) is 9.18. The van der Waals surface area contributed by atoms with Crippen LogP contribution in [0, 0.1) is 17.7 Å². The Bertz CT molecular complexity index is 731. The first-order chi connectivity index (χ1) is 12.0. The van der Waals surface area contributed by atoms with E-state index < -0.39 is 5.54 Å². The molecule has 0 saturated heterocycles. The molecule has 0 radical (unpaired) electrons. The zero-order chi connectivity index (χ0) is 18.1. The third-order valence-corrected chi connectivity index (χ3v) is 4.77. The molecule has 5 heteroatoms. The molecule has 0 fully saturated rings. The highest BCUT2D eigenvalue weighted by Gasteiger charge is 2.16. The maximum atomic E-state index is 13.0. The van der Waals surface area contributed by atoms with Crippen molar-refractivity contribution in [2.45, 2.75) is 38.3 Å². The molecule has 1 aromatic carbocycles. The highest BCUT2D eigenvalue weighted by atomic mass is 32.1. The van der Waals surface area contributed by atoms with Crippen molar-refractivity contribution in [1.29, 1.82) is 0 Å². The molecule has 0 bridgehead atoms. The molecular formula is C20H24FNO2S. The molecule has 134 valence electrons. The van der Waals surface area contributed by atoms with Gasteiger partial charge in [-0.2, -0.15) is 0 Å². The Morgan fingerprint density at radius 1 is 1.32 bits per heavy atom. The van der Waals surface area contributed by atoms with Crippen molar-refractivity contribution in [2.24, 2.45) is 5.73 Å². The lowest BCUT2D eigenvalue weighted by molar-refractivity contribution is 0.126. The van der Waals surface area contributed by atoms with Crippen LogP contribution in [0.25, 0.3) is 0 Å². The molecule has 0 aliphatic rings. The van der Waals surface area contributed by atoms with Crippen LogP contribution in [0.4, 0.5) is 4.39 Å². The van der Waals surface area contributed by atoms with E-state index >= 15 is 0 Å². The Morgan fingerprint density at radius 3 is 2.92 bits per heavy atom. The fourth-order valence-corrected chi connectivity index (χ4v) is 3.04. The summed E-state index contributed by atoms with van der Waals surface area (Å²) in [6.07, 6.45) is 2.22. The van der Waals surface area contributed by atoms with Crippen molar-refractivity contribution in [3.63, 3.8) is 0 Å². The number of aryl methyl sites for hydroxylation is 1. The van der Waals surface area contributed by atoms with Crippen LogP contribution in [0.3, 0.4) is 0 Å². The van der Waals surface area contributed by atoms with Crippen molar-refractivity contribution in [3.8, 4) is 11.8 Å². The number of nitrogens with two attached hydrogens (primary N) is 1. The number of benzene rings is 1. The van der Waals surface area contributed by atoms with Crippen LogP contribution in [-0.2, 0) is 17.8 Å². The molecule has 0 aliphatic carbocycles. The molecule has 3 nitrogen and oxygen atoms in total. The summed E-state index contributed by atoms with van der Waals surface area (Å²) in [4.78, 5) is 2.24. The van der Waals surface area contributed by atoms with Gasteiger partial charge in [-0.1, -0.05) is 24.0 Å². The predicted molar refractivity (Wildman–Crippen MR) is 99.9 cm³/mol. The average Bonchev–Trinajstić information content (AvgIpc) is 3.04. The molecule has 3 N–H and O–H groups in total. The number of thiophene rings is 1. The van der Waals surface area contributed by atoms with Gasteiger partial charge in [0.05, 0.1) is 24.7 Å². The second-order valence-electron chi connectivity index (χ2n) is 6.31. The lowest BCUT2D eigenvalue weighted by atomic mass is 9.98. The van der Waals surface area contributed by atoms with Crippen LogP contribution in [0.1, 0.15) is 35.1 Å². The molecule has 0 aliphatic heterocycles. The van der Waals surface area contributed by atoms with E-state index in [2.05, 4.69) is 17.9 Å². The number of ether oxygens (including phenoxy) is 1. The fourth-order valence-electron chi connectivity index (χ4n) is 2.16. The van der Waals surface area contributed by atoms with E-state index in [0.717, 1.165) is 23.3 Å². The molecule has 2 aromatic rings. The van der Waals surface area contributed by atoms with Gasteiger partial charge in [0.15, 0.2) is 0 Å². The first-order valence-corrected chi connectivity index (χ1v) is 9.10. The molecule has 1 atom stereocenters. The first-order valence-electron chi connectivity index (χ1n) is 8.28. The number of hydrogen-bond acceptors (Lipinski definition) is 4. The van der Waals surface area contributed by atoms with E-state index in [1.54, 1.807) is 17.4 Å². The van der Waals surface area contributed by atoms with Crippen molar-refractivity contribution < 1.29 is 14.2 Å². The molecular weight excluding hydrogens is 337 g/mol. The van der Waals surface area contributed by atoms with Crippen LogP contribution in [0.5, 0.6) is 0 Å². The smallest absolute Gasteiger partial charge is 0.123 e. The summed E-state index contributed by atoms with van der Waals surface area (Å²) in [5.74, 6) is 5.98. The minimum atomic E-state index is -0.533. The van der Waals surface area contributed by atoms with Gasteiger partial charge >= 0.3 is 0 Å². The Morgan fingerprint density at radius 2 is 2.16 bits per heavy atom. The number of hydrogen-bond donors (Lipinski definition) is 2. The van der Waals surface area contributed by atoms with Gasteiger partial charge in [-0.15, -0.1) is 11.3 Å². The molecule has 25 heavy (non-hydrogen) atoms. The Labute approximate surface area is 152 Å². The lowest BCUT2D eigenvalue weighted by Gasteiger charge is -2.20. The summed E-state index contributed by atoms with van der Waals surface area (Å²) < 4.78 is 18.5. The van der Waals surface area contributed by atoms with Crippen LogP contribution in [0.2, 0.25) is 0 Å². The van der Waals surface area contributed by atoms with Crippen molar-refractivity contribution in [1.82, 2.24) is 0 Å². The quantitative estimate of drug-likeness (QED) is 0.559. The topological polar surface area (TPSA) is 55.5 Å². The summed E-state index contributed by atoms with van der Waals surface area (Å²) in [6.45, 7) is 2.75. The van der Waals surface area contributed by atoms with Crippen LogP contribution < -0.4 is 5.73 Å². The van der Waals surface area contributed by atoms with Gasteiger partial charge in [-0.3, -0.25) is 0 Å². The molecule has 1 aromatic heterocycles. The fraction of sp³-hybridized carbons (Fsp3) is 0.400. The summed E-state index contributed by atoms with van der Waals surface area (Å²) in [7, 11) is 0. The number of aliphatic hydroxyl groups is 1. The summed E-state index contributed by atoms with van der Waals surface area (Å²) in [6, 6.07) is 10.5. The third-order valence-electron chi connectivity index (χ3n) is 3.71. The normalized spacial score (nSPS) is 13.1. The zero-order valence-electron chi connectivity index (χ0n) is 14.4. The first kappa shape index (κ1) is 19.6. The number of halogens is 1. The molecule has 0 spiro atoms. The SMILES string of the molecule is CC(N)(CO)CCc1ccc(C#CCCOCc2cccc(F)c2)s1. The zero-order valence-corrected chi connectivity index (χ0v) is 15.2. The summed E-state index contributed by atoms with van der Waals surface area (Å²) in [5.41, 5.74) is 6.23. The highest BCUT2D eigenvalue weighted by Crippen LogP contribution is 2.19. The monoisotopic (exact) mass is 361 g/mol. The van der Waals surface area contributed by atoms with Gasteiger partial charge in [0.25, 0.3) is 0 Å². The predicted octanol–water partition coefficient (Wildman–Crippen LogP) is 3.49. The average molecular weight is 361 g/mol. The van der Waals surface area contributed by atoms with Gasteiger partial charge in [-0.25, -0.2) is 4.39 Å². The number of aliphatic hydroxyl groups excluding tert-OH is 1. The molecule has 1 unspecified atom stereocenters. The van der Waals surface area contributed by atoms with Crippen LogP contribution in [0.15, 0.2) is 36.4 Å². The second-order valence-corrected chi connectivity index (χ2v) is 7.48. The van der Waals surface area contributed by atoms with E-state index in [9.17, 15) is 9.50 Å². The van der Waals surface area contributed by atoms with E-state index in [0.29, 0.717) is 19.6 Å². The second kappa shape index (κ2) is 9.69. The highest BCUT2D eigenvalue weighted by molar-refractivity contribution is 7.12. The van der Waals surface area contributed by atoms with Gasteiger partial charge in [0, 0.05) is 16.8 Å². The summed E-state index contributed by atoms with van der Waals surface area (Å²) >= 11 is 1.65. The molecule has 0 amide bonds. The van der Waals surface area contributed by atoms with Crippen molar-refractivity contribution in [3.05, 3.63) is 57.5 Å². The Balaban J connectivity index is 1.69. The maximum Gasteiger partial charge on any atom is 0.123 e. The standard InChI is InChI=1S/C20H24FNO2S/c1-20(22,15-23)11-10-19-9-8-18(25-19)7-2-3-12-24-14-16-5-4-6-17(21)13-16/h4-6,8-9,13,23H,3,10-12,14-15,22H2,1H3. The maximum absolute atomic E-state index is 13.0. The molecule has 1 heterocycles. The van der Waals surface area contributed by atoms with Gasteiger partial charge in [0.1, 0.15) is 5.82 Å². The minimum Gasteiger partial charge on any atom is -0.394 e. The van der Waals surface area contributed by atoms with Crippen molar-refractivity contribution in [2.75, 3.05) is 13.2 Å². The van der Waals surface area contributed by atoms with Crippen molar-refractivity contribution >= 4 is 11.3 Å². The number of rotatable bonds is 8. The third kappa shape index (κ3) is 7.37.